The Bertz CT molecular complexity index is 299. The van der Waals surface area contributed by atoms with Crippen LogP contribution < -0.4 is 11.1 Å². The molecule has 0 unspecified atom stereocenters. The van der Waals surface area contributed by atoms with Gasteiger partial charge in [0, 0.05) is 18.7 Å². The highest BCUT2D eigenvalue weighted by molar-refractivity contribution is 6.12. The average Bonchev–Trinajstić information content (AvgIpc) is 2.68. The molecule has 0 atom stereocenters. The average molecular weight is 260 g/mol. The van der Waals surface area contributed by atoms with E-state index < -0.39 is 5.97 Å². The van der Waals surface area contributed by atoms with Gasteiger partial charge in [0.25, 0.3) is 11.8 Å². The van der Waals surface area contributed by atoms with Crippen LogP contribution in [0.25, 0.3) is 0 Å². The van der Waals surface area contributed by atoms with Gasteiger partial charge in [-0.15, -0.1) is 0 Å². The minimum absolute atomic E-state index is 0.272. The molecule has 0 aromatic carbocycles. The molecule has 1 heterocycles. The number of amides is 2. The summed E-state index contributed by atoms with van der Waals surface area (Å²) in [5.74, 6) is -1.63. The van der Waals surface area contributed by atoms with E-state index in [1.807, 2.05) is 5.32 Å². The quantitative estimate of drug-likeness (QED) is 0.366. The van der Waals surface area contributed by atoms with E-state index in [0.717, 1.165) is 0 Å². The fourth-order valence-corrected chi connectivity index (χ4v) is 0.819. The van der Waals surface area contributed by atoms with Crippen LogP contribution in [0.15, 0.2) is 12.2 Å². The van der Waals surface area contributed by atoms with E-state index >= 15 is 0 Å². The zero-order valence-electron chi connectivity index (χ0n) is 9.76. The lowest BCUT2D eigenvalue weighted by Gasteiger charge is -2.01. The molecule has 1 aliphatic rings. The maximum atomic E-state index is 10.0. The van der Waals surface area contributed by atoms with Crippen molar-refractivity contribution in [3.63, 3.8) is 0 Å². The lowest BCUT2D eigenvalue weighted by atomic mass is 10.6. The van der Waals surface area contributed by atoms with Crippen molar-refractivity contribution in [1.29, 1.82) is 0 Å². The number of aliphatic carboxylic acids is 1. The minimum Gasteiger partial charge on any atom is -0.480 e. The van der Waals surface area contributed by atoms with E-state index in [2.05, 4.69) is 4.74 Å². The highest BCUT2D eigenvalue weighted by atomic mass is 16.5. The molecule has 0 saturated heterocycles. The van der Waals surface area contributed by atoms with E-state index in [4.69, 9.17) is 15.6 Å². The third-order valence-electron chi connectivity index (χ3n) is 1.49. The van der Waals surface area contributed by atoms with Crippen LogP contribution in [0.3, 0.4) is 0 Å². The molecule has 4 N–H and O–H groups in total. The van der Waals surface area contributed by atoms with Crippen LogP contribution in [0.5, 0.6) is 0 Å². The topological polar surface area (TPSA) is 128 Å². The van der Waals surface area contributed by atoms with Gasteiger partial charge in [0.15, 0.2) is 0 Å². The molecule has 8 heteroatoms. The number of imide groups is 1. The number of carbonyl (C=O) groups excluding carboxylic acids is 2. The molecule has 0 radical (unpaired) electrons. The highest BCUT2D eigenvalue weighted by Crippen LogP contribution is 1.82. The number of rotatable bonds is 7. The van der Waals surface area contributed by atoms with Gasteiger partial charge in [0.05, 0.1) is 19.8 Å². The van der Waals surface area contributed by atoms with Crippen LogP contribution in [0.4, 0.5) is 0 Å². The summed E-state index contributed by atoms with van der Waals surface area (Å²) in [6.45, 7) is 1.37. The Hall–Kier alpha value is -1.77. The maximum absolute atomic E-state index is 10.0. The lowest BCUT2D eigenvalue weighted by molar-refractivity contribution is -0.142. The normalized spacial score (nSPS) is 12.9. The molecule has 1 rings (SSSR count). The van der Waals surface area contributed by atoms with Crippen molar-refractivity contribution in [2.24, 2.45) is 5.73 Å². The SMILES string of the molecule is NCCOCCOCC(=O)O.O=C1C=CC(=O)N1. The predicted molar refractivity (Wildman–Crippen MR) is 60.6 cm³/mol. The molecular weight excluding hydrogens is 244 g/mol. The summed E-state index contributed by atoms with van der Waals surface area (Å²) in [5.41, 5.74) is 5.13. The van der Waals surface area contributed by atoms with Gasteiger partial charge in [-0.3, -0.25) is 14.9 Å². The van der Waals surface area contributed by atoms with Crippen molar-refractivity contribution in [1.82, 2.24) is 5.32 Å². The molecule has 0 aliphatic carbocycles. The molecule has 102 valence electrons. The summed E-state index contributed by atoms with van der Waals surface area (Å²) in [6.07, 6.45) is 2.39. The van der Waals surface area contributed by atoms with Crippen molar-refractivity contribution in [2.45, 2.75) is 0 Å². The summed E-state index contributed by atoms with van der Waals surface area (Å²) >= 11 is 0. The molecule has 2 amide bonds. The standard InChI is InChI=1S/C6H13NO4.C4H3NO2/c7-1-2-10-3-4-11-5-6(8)9;6-3-1-2-4(7)5-3/h1-5,7H2,(H,8,9);1-2H,(H,5,6,7). The zero-order valence-corrected chi connectivity index (χ0v) is 9.76. The van der Waals surface area contributed by atoms with Gasteiger partial charge >= 0.3 is 5.97 Å². The van der Waals surface area contributed by atoms with E-state index in [-0.39, 0.29) is 18.4 Å². The zero-order chi connectivity index (χ0) is 13.8. The molecule has 0 aromatic rings. The fraction of sp³-hybridized carbons (Fsp3) is 0.500. The van der Waals surface area contributed by atoms with Crippen LogP contribution in [0.2, 0.25) is 0 Å². The number of nitrogens with two attached hydrogens (primary N) is 1. The number of hydrogen-bond donors (Lipinski definition) is 3. The summed E-state index contributed by atoms with van der Waals surface area (Å²) in [4.78, 5) is 30.0. The Balaban J connectivity index is 0.000000351. The smallest absolute Gasteiger partial charge is 0.329 e. The van der Waals surface area contributed by atoms with Crippen molar-refractivity contribution in [3.8, 4) is 0 Å². The molecule has 18 heavy (non-hydrogen) atoms. The third kappa shape index (κ3) is 10.7. The first-order valence-electron chi connectivity index (χ1n) is 5.16. The van der Waals surface area contributed by atoms with Gasteiger partial charge in [-0.05, 0) is 0 Å². The number of ether oxygens (including phenoxy) is 2. The summed E-state index contributed by atoms with van der Waals surface area (Å²) in [5, 5.41) is 10.2. The van der Waals surface area contributed by atoms with E-state index in [9.17, 15) is 14.4 Å². The van der Waals surface area contributed by atoms with Crippen LogP contribution in [0, 0.1) is 0 Å². The second kappa shape index (κ2) is 10.4. The second-order valence-corrected chi connectivity index (χ2v) is 3.03. The first-order chi connectivity index (χ1) is 8.56. The largest absolute Gasteiger partial charge is 0.480 e. The molecule has 0 saturated carbocycles. The second-order valence-electron chi connectivity index (χ2n) is 3.03. The van der Waals surface area contributed by atoms with E-state index in [1.54, 1.807) is 0 Å². The van der Waals surface area contributed by atoms with Crippen LogP contribution in [-0.4, -0.2) is 55.9 Å². The predicted octanol–water partition coefficient (Wildman–Crippen LogP) is -1.74. The molecule has 0 aromatic heterocycles. The molecule has 8 nitrogen and oxygen atoms in total. The van der Waals surface area contributed by atoms with Crippen molar-refractivity contribution in [3.05, 3.63) is 12.2 Å². The van der Waals surface area contributed by atoms with Gasteiger partial charge < -0.3 is 20.3 Å². The van der Waals surface area contributed by atoms with Crippen molar-refractivity contribution in [2.75, 3.05) is 33.0 Å². The Morgan fingerprint density at radius 2 is 1.72 bits per heavy atom. The Kier molecular flexibility index (Phi) is 9.37. The van der Waals surface area contributed by atoms with Crippen LogP contribution in [-0.2, 0) is 23.9 Å². The summed E-state index contributed by atoms with van der Waals surface area (Å²) < 4.78 is 9.60. The van der Waals surface area contributed by atoms with Gasteiger partial charge in [-0.1, -0.05) is 0 Å². The van der Waals surface area contributed by atoms with Gasteiger partial charge in [-0.2, -0.15) is 0 Å². The minimum atomic E-state index is -0.969. The van der Waals surface area contributed by atoms with Crippen molar-refractivity contribution < 1.29 is 29.0 Å². The monoisotopic (exact) mass is 260 g/mol. The van der Waals surface area contributed by atoms with Gasteiger partial charge in [0.1, 0.15) is 6.61 Å². The number of hydrogen-bond acceptors (Lipinski definition) is 6. The lowest BCUT2D eigenvalue weighted by Crippen LogP contribution is -2.19. The van der Waals surface area contributed by atoms with Crippen molar-refractivity contribution >= 4 is 17.8 Å². The third-order valence-corrected chi connectivity index (χ3v) is 1.49. The summed E-state index contributed by atoms with van der Waals surface area (Å²) in [7, 11) is 0. The first kappa shape index (κ1) is 16.2. The molecule has 0 fully saturated rings. The van der Waals surface area contributed by atoms with E-state index in [0.29, 0.717) is 26.4 Å². The molecule has 0 spiro atoms. The summed E-state index contributed by atoms with van der Waals surface area (Å²) in [6, 6.07) is 0. The molecular formula is C10H16N2O6. The Labute approximate surface area is 104 Å². The number of carboxylic acids is 1. The van der Waals surface area contributed by atoms with Crippen LogP contribution in [0.1, 0.15) is 0 Å². The number of carbonyl (C=O) groups is 3. The number of carboxylic acid groups (broad SMARTS) is 1. The highest BCUT2D eigenvalue weighted by Gasteiger charge is 2.06. The molecule has 0 bridgehead atoms. The van der Waals surface area contributed by atoms with Crippen LogP contribution >= 0.6 is 0 Å². The maximum Gasteiger partial charge on any atom is 0.329 e. The van der Waals surface area contributed by atoms with Gasteiger partial charge in [-0.25, -0.2) is 4.79 Å². The Morgan fingerprint density at radius 3 is 2.11 bits per heavy atom. The fourth-order valence-electron chi connectivity index (χ4n) is 0.819. The van der Waals surface area contributed by atoms with E-state index in [1.165, 1.54) is 12.2 Å². The molecule has 1 aliphatic heterocycles. The number of nitrogens with one attached hydrogen (secondary N) is 1. The first-order valence-corrected chi connectivity index (χ1v) is 5.16. The van der Waals surface area contributed by atoms with Gasteiger partial charge in [0.2, 0.25) is 0 Å². The Morgan fingerprint density at radius 1 is 1.17 bits per heavy atom.